The van der Waals surface area contributed by atoms with E-state index >= 15 is 0 Å². The van der Waals surface area contributed by atoms with Gasteiger partial charge in [0.2, 0.25) is 0 Å². The molecule has 1 N–H and O–H groups in total. The average molecular weight is 254 g/mol. The maximum absolute atomic E-state index is 6.13. The summed E-state index contributed by atoms with van der Waals surface area (Å²) in [7, 11) is 1.65. The summed E-state index contributed by atoms with van der Waals surface area (Å²) in [4.78, 5) is 0. The lowest BCUT2D eigenvalue weighted by Gasteiger charge is -2.19. The first-order valence-electron chi connectivity index (χ1n) is 5.68. The van der Waals surface area contributed by atoms with Crippen LogP contribution in [0.5, 0.6) is 5.75 Å². The molecule has 0 amide bonds. The quantitative estimate of drug-likeness (QED) is 0.883. The lowest BCUT2D eigenvalue weighted by molar-refractivity contribution is 0.414. The fourth-order valence-electron chi connectivity index (χ4n) is 1.40. The third-order valence-corrected chi connectivity index (χ3v) is 2.60. The van der Waals surface area contributed by atoms with E-state index < -0.39 is 0 Å². The van der Waals surface area contributed by atoms with E-state index in [1.807, 2.05) is 24.3 Å². The van der Waals surface area contributed by atoms with Crippen LogP contribution in [-0.2, 0) is 0 Å². The van der Waals surface area contributed by atoms with Gasteiger partial charge in [-0.05, 0) is 32.9 Å². The molecule has 0 bridgehead atoms. The number of ether oxygens (including phenoxy) is 1. The van der Waals surface area contributed by atoms with Gasteiger partial charge in [0.05, 0.1) is 12.1 Å². The van der Waals surface area contributed by atoms with Gasteiger partial charge in [-0.1, -0.05) is 29.8 Å². The standard InChI is InChI=1S/C14H20ClNO/c1-14(2,3)16-10-6-7-11-12(15)8-5-9-13(11)17-4/h5-9,16H,10H2,1-4H3/b7-6+. The lowest BCUT2D eigenvalue weighted by atomic mass is 10.1. The van der Waals surface area contributed by atoms with E-state index in [1.54, 1.807) is 7.11 Å². The smallest absolute Gasteiger partial charge is 0.127 e. The van der Waals surface area contributed by atoms with Crippen LogP contribution in [0.2, 0.25) is 5.02 Å². The van der Waals surface area contributed by atoms with Gasteiger partial charge >= 0.3 is 0 Å². The number of halogens is 1. The Morgan fingerprint density at radius 2 is 2.06 bits per heavy atom. The molecule has 0 radical (unpaired) electrons. The highest BCUT2D eigenvalue weighted by atomic mass is 35.5. The van der Waals surface area contributed by atoms with Gasteiger partial charge in [0, 0.05) is 17.6 Å². The number of nitrogens with one attached hydrogen (secondary N) is 1. The summed E-state index contributed by atoms with van der Waals surface area (Å²) < 4.78 is 5.27. The van der Waals surface area contributed by atoms with Crippen molar-refractivity contribution in [1.82, 2.24) is 5.32 Å². The van der Waals surface area contributed by atoms with E-state index in [1.165, 1.54) is 0 Å². The second kappa shape index (κ2) is 6.08. The molecule has 0 spiro atoms. The molecule has 0 saturated heterocycles. The summed E-state index contributed by atoms with van der Waals surface area (Å²) in [5.41, 5.74) is 1.04. The zero-order valence-electron chi connectivity index (χ0n) is 10.9. The van der Waals surface area contributed by atoms with Gasteiger partial charge in [-0.2, -0.15) is 0 Å². The zero-order valence-corrected chi connectivity index (χ0v) is 11.6. The Morgan fingerprint density at radius 3 is 2.65 bits per heavy atom. The zero-order chi connectivity index (χ0) is 12.9. The van der Waals surface area contributed by atoms with Crippen LogP contribution in [0.15, 0.2) is 24.3 Å². The molecular formula is C14H20ClNO. The van der Waals surface area contributed by atoms with Crippen molar-refractivity contribution in [3.05, 3.63) is 34.9 Å². The number of methoxy groups -OCH3 is 1. The molecule has 0 heterocycles. The third-order valence-electron chi connectivity index (χ3n) is 2.27. The van der Waals surface area contributed by atoms with Crippen molar-refractivity contribution in [2.45, 2.75) is 26.3 Å². The highest BCUT2D eigenvalue weighted by Crippen LogP contribution is 2.27. The van der Waals surface area contributed by atoms with Gasteiger partial charge < -0.3 is 10.1 Å². The van der Waals surface area contributed by atoms with Crippen LogP contribution < -0.4 is 10.1 Å². The minimum atomic E-state index is 0.120. The molecule has 0 aromatic heterocycles. The Bertz CT molecular complexity index is 394. The van der Waals surface area contributed by atoms with Gasteiger partial charge in [0.15, 0.2) is 0 Å². The van der Waals surface area contributed by atoms with Crippen LogP contribution in [0, 0.1) is 0 Å². The molecule has 0 aliphatic carbocycles. The van der Waals surface area contributed by atoms with E-state index in [4.69, 9.17) is 16.3 Å². The first-order chi connectivity index (χ1) is 7.94. The van der Waals surface area contributed by atoms with E-state index in [-0.39, 0.29) is 5.54 Å². The Hall–Kier alpha value is -0.990. The first kappa shape index (κ1) is 14.1. The van der Waals surface area contributed by atoms with Crippen LogP contribution in [0.25, 0.3) is 6.08 Å². The predicted molar refractivity (Wildman–Crippen MR) is 74.8 cm³/mol. The van der Waals surface area contributed by atoms with Crippen LogP contribution in [0.4, 0.5) is 0 Å². The van der Waals surface area contributed by atoms with Crippen LogP contribution >= 0.6 is 11.6 Å². The van der Waals surface area contributed by atoms with Crippen LogP contribution in [0.1, 0.15) is 26.3 Å². The minimum absolute atomic E-state index is 0.120. The van der Waals surface area contributed by atoms with Crippen molar-refractivity contribution in [3.63, 3.8) is 0 Å². The summed E-state index contributed by atoms with van der Waals surface area (Å²) >= 11 is 6.13. The molecule has 0 fully saturated rings. The number of hydrogen-bond donors (Lipinski definition) is 1. The average Bonchev–Trinajstić information content (AvgIpc) is 2.24. The Balaban J connectivity index is 2.71. The highest BCUT2D eigenvalue weighted by molar-refractivity contribution is 6.32. The Morgan fingerprint density at radius 1 is 1.35 bits per heavy atom. The molecule has 1 rings (SSSR count). The predicted octanol–water partition coefficient (Wildman–Crippen LogP) is 3.75. The summed E-state index contributed by atoms with van der Waals surface area (Å²) in [5.74, 6) is 0.796. The van der Waals surface area contributed by atoms with Crippen LogP contribution in [0.3, 0.4) is 0 Å². The van der Waals surface area contributed by atoms with Gasteiger partial charge in [-0.3, -0.25) is 0 Å². The lowest BCUT2D eigenvalue weighted by Crippen LogP contribution is -2.35. The minimum Gasteiger partial charge on any atom is -0.496 e. The molecule has 17 heavy (non-hydrogen) atoms. The molecule has 1 aromatic rings. The van der Waals surface area contributed by atoms with Gasteiger partial charge in [0.1, 0.15) is 5.75 Å². The highest BCUT2D eigenvalue weighted by Gasteiger charge is 2.06. The maximum atomic E-state index is 6.13. The molecule has 1 aromatic carbocycles. The number of benzene rings is 1. The Labute approximate surface area is 109 Å². The monoisotopic (exact) mass is 253 g/mol. The maximum Gasteiger partial charge on any atom is 0.127 e. The molecule has 0 aliphatic heterocycles. The van der Waals surface area contributed by atoms with Gasteiger partial charge in [-0.25, -0.2) is 0 Å². The summed E-state index contributed by atoms with van der Waals surface area (Å²) in [6.07, 6.45) is 4.04. The number of hydrogen-bond acceptors (Lipinski definition) is 2. The van der Waals surface area contributed by atoms with E-state index in [0.29, 0.717) is 5.02 Å². The molecule has 2 nitrogen and oxygen atoms in total. The molecule has 94 valence electrons. The molecule has 0 saturated carbocycles. The normalized spacial score (nSPS) is 12.1. The molecule has 0 aliphatic rings. The van der Waals surface area contributed by atoms with E-state index in [0.717, 1.165) is 17.9 Å². The molecule has 3 heteroatoms. The van der Waals surface area contributed by atoms with Crippen molar-refractivity contribution in [2.75, 3.05) is 13.7 Å². The molecular weight excluding hydrogens is 234 g/mol. The fraction of sp³-hybridized carbons (Fsp3) is 0.429. The fourth-order valence-corrected chi connectivity index (χ4v) is 1.63. The topological polar surface area (TPSA) is 21.3 Å². The van der Waals surface area contributed by atoms with Crippen molar-refractivity contribution in [2.24, 2.45) is 0 Å². The third kappa shape index (κ3) is 4.80. The van der Waals surface area contributed by atoms with Crippen molar-refractivity contribution in [1.29, 1.82) is 0 Å². The van der Waals surface area contributed by atoms with E-state index in [2.05, 4.69) is 32.2 Å². The number of rotatable bonds is 4. The van der Waals surface area contributed by atoms with Crippen molar-refractivity contribution in [3.8, 4) is 5.75 Å². The SMILES string of the molecule is COc1cccc(Cl)c1/C=C/CNC(C)(C)C. The summed E-state index contributed by atoms with van der Waals surface area (Å²) in [6.45, 7) is 7.21. The summed E-state index contributed by atoms with van der Waals surface area (Å²) in [5, 5.41) is 4.08. The largest absolute Gasteiger partial charge is 0.496 e. The van der Waals surface area contributed by atoms with Gasteiger partial charge in [0.25, 0.3) is 0 Å². The second-order valence-corrected chi connectivity index (χ2v) is 5.30. The van der Waals surface area contributed by atoms with E-state index in [9.17, 15) is 0 Å². The van der Waals surface area contributed by atoms with Crippen molar-refractivity contribution < 1.29 is 4.74 Å². The van der Waals surface area contributed by atoms with Gasteiger partial charge in [-0.15, -0.1) is 0 Å². The summed E-state index contributed by atoms with van der Waals surface area (Å²) in [6, 6.07) is 5.65. The Kier molecular flexibility index (Phi) is 5.03. The first-order valence-corrected chi connectivity index (χ1v) is 6.06. The molecule has 0 unspecified atom stereocenters. The second-order valence-electron chi connectivity index (χ2n) is 4.89. The van der Waals surface area contributed by atoms with Crippen molar-refractivity contribution >= 4 is 17.7 Å². The molecule has 0 atom stereocenters. The van der Waals surface area contributed by atoms with Crippen LogP contribution in [-0.4, -0.2) is 19.2 Å².